The van der Waals surface area contributed by atoms with Crippen LogP contribution in [0.3, 0.4) is 0 Å². The maximum atomic E-state index is 2.69. The molecular weight excluding hydrogens is 771 g/mol. The minimum Gasteiger partial charge on any atom is -0.311 e. The summed E-state index contributed by atoms with van der Waals surface area (Å²) >= 11 is 0. The van der Waals surface area contributed by atoms with E-state index in [1.807, 2.05) is 0 Å². The van der Waals surface area contributed by atoms with E-state index < -0.39 is 0 Å². The Balaban J connectivity index is 1.41. The van der Waals surface area contributed by atoms with Crippen LogP contribution in [0, 0.1) is 6.92 Å². The first-order valence-corrected chi connectivity index (χ1v) is 24.1. The summed E-state index contributed by atoms with van der Waals surface area (Å²) in [5.74, 6) is 0. The van der Waals surface area contributed by atoms with Crippen molar-refractivity contribution in [2.75, 3.05) is 9.80 Å². The molecule has 3 heteroatoms. The highest BCUT2D eigenvalue weighted by molar-refractivity contribution is 7.00. The summed E-state index contributed by atoms with van der Waals surface area (Å²) in [5, 5.41) is 0. The molecule has 330 valence electrons. The van der Waals surface area contributed by atoms with Crippen molar-refractivity contribution in [3.8, 4) is 11.1 Å². The van der Waals surface area contributed by atoms with Crippen LogP contribution in [0.2, 0.25) is 0 Å². The number of aryl methyl sites for hydroxylation is 1. The van der Waals surface area contributed by atoms with Crippen molar-refractivity contribution in [2.24, 2.45) is 0 Å². The lowest BCUT2D eigenvalue weighted by atomic mass is 9.33. The second-order valence-corrected chi connectivity index (χ2v) is 25.2. The van der Waals surface area contributed by atoms with Gasteiger partial charge < -0.3 is 9.80 Å². The molecule has 0 bridgehead atoms. The predicted octanol–water partition coefficient (Wildman–Crippen LogP) is 15.3. The smallest absolute Gasteiger partial charge is 0.252 e. The third-order valence-electron chi connectivity index (χ3n) is 15.2. The van der Waals surface area contributed by atoms with Crippen LogP contribution in [0.25, 0.3) is 11.1 Å². The molecule has 0 spiro atoms. The van der Waals surface area contributed by atoms with Gasteiger partial charge in [0, 0.05) is 34.0 Å². The number of anilines is 6. The highest BCUT2D eigenvalue weighted by Gasteiger charge is 2.47. The molecule has 0 aromatic heterocycles. The van der Waals surface area contributed by atoms with Crippen LogP contribution in [0.5, 0.6) is 0 Å². The van der Waals surface area contributed by atoms with Gasteiger partial charge in [-0.2, -0.15) is 0 Å². The minimum absolute atomic E-state index is 0.0117. The monoisotopic (exact) mass is 845 g/mol. The Hall–Kier alpha value is -5.02. The average Bonchev–Trinajstić information content (AvgIpc) is 3.20. The summed E-state index contributed by atoms with van der Waals surface area (Å²) < 4.78 is 0. The molecular formula is C61H73BN2. The predicted molar refractivity (Wildman–Crippen MR) is 281 cm³/mol. The van der Waals surface area contributed by atoms with Gasteiger partial charge in [0.05, 0.1) is 5.69 Å². The Labute approximate surface area is 387 Å². The van der Waals surface area contributed by atoms with E-state index in [2.05, 4.69) is 237 Å². The fourth-order valence-corrected chi connectivity index (χ4v) is 10.9. The lowest BCUT2D eigenvalue weighted by Crippen LogP contribution is -2.62. The SMILES string of the molecule is Cc1cc2c3c(c1)N(c1ccc(C(C)(C)C)cc1-c1ccc(C(C)(C)C)cc1)c1cc4c(cc1B3c1cc(C(C)(C)C)ccc1N2c1ccc(C(C)(C)C)cc1)C(C)(C)CCC4(C)C. The van der Waals surface area contributed by atoms with Crippen LogP contribution < -0.4 is 26.2 Å². The van der Waals surface area contributed by atoms with Crippen molar-refractivity contribution < 1.29 is 0 Å². The molecule has 1 aliphatic carbocycles. The molecule has 0 unspecified atom stereocenters. The fourth-order valence-electron chi connectivity index (χ4n) is 10.9. The second kappa shape index (κ2) is 14.5. The Morgan fingerprint density at radius 1 is 0.422 bits per heavy atom. The average molecular weight is 845 g/mol. The van der Waals surface area contributed by atoms with Crippen LogP contribution >= 0.6 is 0 Å². The molecule has 9 rings (SSSR count). The molecule has 3 aliphatic rings. The molecule has 2 heterocycles. The van der Waals surface area contributed by atoms with Crippen molar-refractivity contribution in [1.82, 2.24) is 0 Å². The van der Waals surface area contributed by atoms with Crippen molar-refractivity contribution in [3.05, 3.63) is 148 Å². The van der Waals surface area contributed by atoms with Gasteiger partial charge >= 0.3 is 0 Å². The zero-order valence-electron chi connectivity index (χ0n) is 42.3. The van der Waals surface area contributed by atoms with Crippen LogP contribution in [0.15, 0.2) is 109 Å². The number of hydrogen-bond donors (Lipinski definition) is 0. The van der Waals surface area contributed by atoms with Gasteiger partial charge in [-0.1, -0.05) is 171 Å². The molecule has 2 aliphatic heterocycles. The second-order valence-electron chi connectivity index (χ2n) is 25.2. The molecule has 0 saturated carbocycles. The van der Waals surface area contributed by atoms with Crippen LogP contribution in [0.1, 0.15) is 163 Å². The van der Waals surface area contributed by atoms with Crippen LogP contribution in [-0.4, -0.2) is 6.71 Å². The molecule has 64 heavy (non-hydrogen) atoms. The first kappa shape index (κ1) is 44.2. The zero-order chi connectivity index (χ0) is 46.3. The van der Waals surface area contributed by atoms with Crippen molar-refractivity contribution in [1.29, 1.82) is 0 Å². The minimum atomic E-state index is -0.0157. The van der Waals surface area contributed by atoms with Crippen molar-refractivity contribution >= 4 is 57.2 Å². The highest BCUT2D eigenvalue weighted by atomic mass is 15.2. The number of nitrogens with zero attached hydrogens (tertiary/aromatic N) is 2. The van der Waals surface area contributed by atoms with Crippen molar-refractivity contribution in [2.45, 2.75) is 163 Å². The lowest BCUT2D eigenvalue weighted by molar-refractivity contribution is 0.332. The largest absolute Gasteiger partial charge is 0.311 e. The van der Waals surface area contributed by atoms with E-state index in [0.717, 1.165) is 0 Å². The van der Waals surface area contributed by atoms with Gasteiger partial charge in [0.15, 0.2) is 0 Å². The third kappa shape index (κ3) is 7.34. The molecule has 0 fully saturated rings. The van der Waals surface area contributed by atoms with E-state index in [1.54, 1.807) is 0 Å². The first-order valence-electron chi connectivity index (χ1n) is 24.1. The fraction of sp³-hybridized carbons (Fsp3) is 0.410. The van der Waals surface area contributed by atoms with E-state index in [0.29, 0.717) is 0 Å². The van der Waals surface area contributed by atoms with Gasteiger partial charge in [-0.25, -0.2) is 0 Å². The summed E-state index contributed by atoms with van der Waals surface area (Å²) in [7, 11) is 0. The number of fused-ring (bicyclic) bond motifs is 5. The standard InChI is InChI=1S/C61H73BN2/c1-38-32-53-55-54(33-38)64(50-28-24-42(58(8,9)10)34-45(50)39-18-20-40(21-19-39)56(2,3)4)52-37-47-46(60(14,15)30-31-61(47,16)17)36-49(52)62(55)48-35-43(59(11,12)13)25-29-51(48)63(53)44-26-22-41(23-27-44)57(5,6)7/h18-29,32-37H,30-31H2,1-17H3. The normalized spacial score (nSPS) is 16.5. The van der Waals surface area contributed by atoms with Gasteiger partial charge in [0.25, 0.3) is 6.71 Å². The van der Waals surface area contributed by atoms with Crippen LogP contribution in [0.4, 0.5) is 34.1 Å². The molecule has 6 aromatic carbocycles. The Kier molecular flexibility index (Phi) is 10.0. The van der Waals surface area contributed by atoms with Crippen molar-refractivity contribution in [3.63, 3.8) is 0 Å². The molecule has 0 N–H and O–H groups in total. The Morgan fingerprint density at radius 3 is 1.39 bits per heavy atom. The van der Waals surface area contributed by atoms with Gasteiger partial charge in [-0.3, -0.25) is 0 Å². The maximum absolute atomic E-state index is 2.69. The summed E-state index contributed by atoms with van der Waals surface area (Å²) in [6, 6.07) is 43.9. The molecule has 6 aromatic rings. The van der Waals surface area contributed by atoms with Crippen LogP contribution in [-0.2, 0) is 32.5 Å². The lowest BCUT2D eigenvalue weighted by Gasteiger charge is -2.48. The topological polar surface area (TPSA) is 6.48 Å². The van der Waals surface area contributed by atoms with Gasteiger partial charge in [-0.05, 0) is 162 Å². The van der Waals surface area contributed by atoms with E-state index in [9.17, 15) is 0 Å². The Morgan fingerprint density at radius 2 is 0.859 bits per heavy atom. The molecule has 0 radical (unpaired) electrons. The van der Waals surface area contributed by atoms with Gasteiger partial charge in [0.2, 0.25) is 0 Å². The number of rotatable bonds is 3. The summed E-state index contributed by atoms with van der Waals surface area (Å²) in [6.07, 6.45) is 2.34. The van der Waals surface area contributed by atoms with E-state index in [-0.39, 0.29) is 39.2 Å². The molecule has 2 nitrogen and oxygen atoms in total. The molecule has 0 saturated heterocycles. The molecule has 0 amide bonds. The summed E-state index contributed by atoms with van der Waals surface area (Å²) in [5.41, 5.74) is 24.1. The van der Waals surface area contributed by atoms with Gasteiger partial charge in [-0.15, -0.1) is 0 Å². The first-order chi connectivity index (χ1) is 29.6. The van der Waals surface area contributed by atoms with Gasteiger partial charge in [0.1, 0.15) is 0 Å². The van der Waals surface area contributed by atoms with E-state index in [4.69, 9.17) is 0 Å². The van der Waals surface area contributed by atoms with E-state index >= 15 is 0 Å². The number of benzene rings is 6. The highest BCUT2D eigenvalue weighted by Crippen LogP contribution is 2.52. The summed E-state index contributed by atoms with van der Waals surface area (Å²) in [6.45, 7) is 40.2. The Bertz CT molecular complexity index is 2810. The van der Waals surface area contributed by atoms with E-state index in [1.165, 1.54) is 113 Å². The summed E-state index contributed by atoms with van der Waals surface area (Å²) in [4.78, 5) is 5.27. The number of hydrogen-bond acceptors (Lipinski definition) is 2. The third-order valence-corrected chi connectivity index (χ3v) is 15.2. The molecule has 0 atom stereocenters. The zero-order valence-corrected chi connectivity index (χ0v) is 42.3. The maximum Gasteiger partial charge on any atom is 0.252 e. The quantitative estimate of drug-likeness (QED) is 0.164.